The monoisotopic (exact) mass is 267 g/mol. The van der Waals surface area contributed by atoms with E-state index in [9.17, 15) is 22.8 Å². The van der Waals surface area contributed by atoms with E-state index < -0.39 is 24.5 Å². The van der Waals surface area contributed by atoms with Crippen LogP contribution in [-0.2, 0) is 9.53 Å². The Morgan fingerprint density at radius 3 is 2.65 bits per heavy atom. The van der Waals surface area contributed by atoms with Crippen molar-refractivity contribution in [2.75, 3.05) is 12.4 Å². The van der Waals surface area contributed by atoms with Crippen LogP contribution in [0.2, 0.25) is 0 Å². The van der Waals surface area contributed by atoms with Gasteiger partial charge in [-0.25, -0.2) is 4.79 Å². The molecule has 94 valence electrons. The molecule has 1 aromatic heterocycles. The topological polar surface area (TPSA) is 55.4 Å². The highest BCUT2D eigenvalue weighted by atomic mass is 32.1. The number of halogens is 3. The molecule has 1 aromatic rings. The summed E-state index contributed by atoms with van der Waals surface area (Å²) in [6.07, 6.45) is -6.17. The Morgan fingerprint density at radius 2 is 2.12 bits per heavy atom. The molecule has 0 aliphatic heterocycles. The number of ether oxygens (including phenoxy) is 1. The van der Waals surface area contributed by atoms with Gasteiger partial charge in [-0.05, 0) is 11.4 Å². The summed E-state index contributed by atoms with van der Waals surface area (Å²) in [5.74, 6) is -1.93. The number of rotatable bonds is 3. The first-order valence-corrected chi connectivity index (χ1v) is 5.24. The van der Waals surface area contributed by atoms with Crippen molar-refractivity contribution in [2.24, 2.45) is 0 Å². The molecular weight excluding hydrogens is 259 g/mol. The first kappa shape index (κ1) is 13.5. The Labute approximate surface area is 98.4 Å². The minimum Gasteiger partial charge on any atom is -0.465 e. The number of carbonyl (C=O) groups excluding carboxylic acids is 2. The zero-order chi connectivity index (χ0) is 13.1. The maximum absolute atomic E-state index is 11.9. The third-order valence-corrected chi connectivity index (χ3v) is 2.57. The molecule has 17 heavy (non-hydrogen) atoms. The lowest BCUT2D eigenvalue weighted by Crippen LogP contribution is -2.21. The Hall–Kier alpha value is -1.57. The van der Waals surface area contributed by atoms with Crippen molar-refractivity contribution in [3.05, 3.63) is 16.3 Å². The fourth-order valence-corrected chi connectivity index (χ4v) is 1.80. The molecule has 4 nitrogen and oxygen atoms in total. The van der Waals surface area contributed by atoms with Gasteiger partial charge in [-0.2, -0.15) is 13.2 Å². The number of methoxy groups -OCH3 is 1. The summed E-state index contributed by atoms with van der Waals surface area (Å²) < 4.78 is 40.1. The van der Waals surface area contributed by atoms with E-state index in [1.807, 2.05) is 5.32 Å². The van der Waals surface area contributed by atoms with Crippen molar-refractivity contribution < 1.29 is 27.5 Å². The van der Waals surface area contributed by atoms with E-state index in [0.29, 0.717) is 0 Å². The fraction of sp³-hybridized carbons (Fsp3) is 0.333. The van der Waals surface area contributed by atoms with Crippen LogP contribution in [0.4, 0.5) is 18.9 Å². The summed E-state index contributed by atoms with van der Waals surface area (Å²) in [5, 5.41) is 3.48. The van der Waals surface area contributed by atoms with E-state index in [-0.39, 0.29) is 10.6 Å². The molecule has 0 spiro atoms. The Balaban J connectivity index is 2.72. The van der Waals surface area contributed by atoms with E-state index in [1.165, 1.54) is 11.4 Å². The van der Waals surface area contributed by atoms with Gasteiger partial charge in [-0.1, -0.05) is 0 Å². The summed E-state index contributed by atoms with van der Waals surface area (Å²) in [4.78, 5) is 22.2. The number of nitrogens with one attached hydrogen (secondary N) is 1. The molecular formula is C9H8F3NO3S. The van der Waals surface area contributed by atoms with Crippen molar-refractivity contribution in [1.82, 2.24) is 0 Å². The molecule has 1 N–H and O–H groups in total. The molecule has 8 heteroatoms. The van der Waals surface area contributed by atoms with Crippen LogP contribution >= 0.6 is 11.3 Å². The lowest BCUT2D eigenvalue weighted by Gasteiger charge is -2.07. The Morgan fingerprint density at radius 1 is 1.47 bits per heavy atom. The van der Waals surface area contributed by atoms with E-state index in [0.717, 1.165) is 18.4 Å². The van der Waals surface area contributed by atoms with Gasteiger partial charge in [0.25, 0.3) is 0 Å². The van der Waals surface area contributed by atoms with E-state index >= 15 is 0 Å². The third kappa shape index (κ3) is 4.06. The quantitative estimate of drug-likeness (QED) is 0.856. The first-order chi connectivity index (χ1) is 7.83. The predicted molar refractivity (Wildman–Crippen MR) is 55.0 cm³/mol. The molecule has 0 aliphatic carbocycles. The van der Waals surface area contributed by atoms with Gasteiger partial charge in [0.1, 0.15) is 11.3 Å². The van der Waals surface area contributed by atoms with Crippen molar-refractivity contribution in [3.8, 4) is 0 Å². The summed E-state index contributed by atoms with van der Waals surface area (Å²) in [6, 6.07) is 1.34. The van der Waals surface area contributed by atoms with Gasteiger partial charge < -0.3 is 10.1 Å². The molecule has 0 radical (unpaired) electrons. The average molecular weight is 267 g/mol. The summed E-state index contributed by atoms with van der Waals surface area (Å²) >= 11 is 0.972. The highest BCUT2D eigenvalue weighted by Gasteiger charge is 2.31. The van der Waals surface area contributed by atoms with Gasteiger partial charge in [0.2, 0.25) is 5.91 Å². The molecule has 0 fully saturated rings. The standard InChI is InChI=1S/C9H8F3NO3S/c1-16-8(15)7-5(2-3-17-7)13-6(14)4-9(10,11)12/h2-3H,4H2,1H3,(H,13,14). The number of hydrogen-bond acceptors (Lipinski definition) is 4. The van der Waals surface area contributed by atoms with Crippen molar-refractivity contribution in [1.29, 1.82) is 0 Å². The van der Waals surface area contributed by atoms with Crippen LogP contribution in [0.15, 0.2) is 11.4 Å². The van der Waals surface area contributed by atoms with Crippen LogP contribution in [0.3, 0.4) is 0 Å². The Kier molecular flexibility index (Phi) is 4.11. The normalized spacial score (nSPS) is 11.1. The van der Waals surface area contributed by atoms with Gasteiger partial charge in [0, 0.05) is 0 Å². The second-order valence-electron chi connectivity index (χ2n) is 3.00. The van der Waals surface area contributed by atoms with Crippen LogP contribution in [0.25, 0.3) is 0 Å². The molecule has 1 rings (SSSR count). The number of anilines is 1. The van der Waals surface area contributed by atoms with E-state index in [2.05, 4.69) is 4.74 Å². The maximum atomic E-state index is 11.9. The molecule has 0 saturated heterocycles. The van der Waals surface area contributed by atoms with Gasteiger partial charge in [-0.3, -0.25) is 4.79 Å². The number of hydrogen-bond donors (Lipinski definition) is 1. The molecule has 0 aromatic carbocycles. The first-order valence-electron chi connectivity index (χ1n) is 4.36. The number of thiophene rings is 1. The van der Waals surface area contributed by atoms with Gasteiger partial charge in [0.05, 0.1) is 12.8 Å². The second kappa shape index (κ2) is 5.17. The minimum absolute atomic E-state index is 0.0242. The number of alkyl halides is 3. The SMILES string of the molecule is COC(=O)c1sccc1NC(=O)CC(F)(F)F. The van der Waals surface area contributed by atoms with Crippen LogP contribution in [0.1, 0.15) is 16.1 Å². The molecule has 0 unspecified atom stereocenters. The van der Waals surface area contributed by atoms with Crippen LogP contribution in [0, 0.1) is 0 Å². The molecule has 1 amide bonds. The highest BCUT2D eigenvalue weighted by molar-refractivity contribution is 7.12. The van der Waals surface area contributed by atoms with Crippen molar-refractivity contribution in [3.63, 3.8) is 0 Å². The highest BCUT2D eigenvalue weighted by Crippen LogP contribution is 2.25. The third-order valence-electron chi connectivity index (χ3n) is 1.67. The Bertz CT molecular complexity index is 427. The summed E-state index contributed by atoms with van der Waals surface area (Å²) in [7, 11) is 1.14. The fourth-order valence-electron chi connectivity index (χ4n) is 1.03. The zero-order valence-corrected chi connectivity index (χ0v) is 9.45. The smallest absolute Gasteiger partial charge is 0.397 e. The number of esters is 1. The van der Waals surface area contributed by atoms with Crippen LogP contribution < -0.4 is 5.32 Å². The number of amides is 1. The van der Waals surface area contributed by atoms with E-state index in [1.54, 1.807) is 0 Å². The average Bonchev–Trinajstić information content (AvgIpc) is 2.61. The molecule has 0 bridgehead atoms. The van der Waals surface area contributed by atoms with Gasteiger partial charge in [0.15, 0.2) is 0 Å². The zero-order valence-electron chi connectivity index (χ0n) is 8.63. The van der Waals surface area contributed by atoms with E-state index in [4.69, 9.17) is 0 Å². The second-order valence-corrected chi connectivity index (χ2v) is 3.91. The summed E-state index contributed by atoms with van der Waals surface area (Å²) in [5.41, 5.74) is 0.0242. The van der Waals surface area contributed by atoms with Gasteiger partial charge in [-0.15, -0.1) is 11.3 Å². The summed E-state index contributed by atoms with van der Waals surface area (Å²) in [6.45, 7) is 0. The largest absolute Gasteiger partial charge is 0.465 e. The lowest BCUT2D eigenvalue weighted by atomic mass is 10.3. The van der Waals surface area contributed by atoms with Crippen molar-refractivity contribution in [2.45, 2.75) is 12.6 Å². The lowest BCUT2D eigenvalue weighted by molar-refractivity contribution is -0.150. The van der Waals surface area contributed by atoms with Crippen LogP contribution in [-0.4, -0.2) is 25.2 Å². The number of carbonyl (C=O) groups is 2. The van der Waals surface area contributed by atoms with Crippen LogP contribution in [0.5, 0.6) is 0 Å². The van der Waals surface area contributed by atoms with Crippen molar-refractivity contribution >= 4 is 28.9 Å². The predicted octanol–water partition coefficient (Wildman–Crippen LogP) is 2.43. The molecule has 1 heterocycles. The molecule has 0 aliphatic rings. The molecule has 0 atom stereocenters. The minimum atomic E-state index is -4.58. The molecule has 0 saturated carbocycles. The van der Waals surface area contributed by atoms with Gasteiger partial charge >= 0.3 is 12.1 Å². The maximum Gasteiger partial charge on any atom is 0.397 e.